The molecule has 0 saturated carbocycles. The summed E-state index contributed by atoms with van der Waals surface area (Å²) < 4.78 is 18.9. The molecule has 4 rings (SSSR count). The van der Waals surface area contributed by atoms with Crippen LogP contribution in [0.15, 0.2) is 60.8 Å². The zero-order valence-corrected chi connectivity index (χ0v) is 19.6. The average molecular weight is 493 g/mol. The number of nitrogens with zero attached hydrogens (tertiary/aromatic N) is 2. The number of fused-ring (bicyclic) bond motifs is 1. The highest BCUT2D eigenvalue weighted by molar-refractivity contribution is 6.21. The molecule has 8 nitrogen and oxygen atoms in total. The van der Waals surface area contributed by atoms with Gasteiger partial charge in [-0.25, -0.2) is 4.39 Å². The molecular formula is C27H25FN2O6. The zero-order chi connectivity index (χ0) is 25.8. The first-order valence-electron chi connectivity index (χ1n) is 11.4. The van der Waals surface area contributed by atoms with Crippen LogP contribution in [0.25, 0.3) is 11.3 Å². The van der Waals surface area contributed by atoms with Crippen molar-refractivity contribution in [2.45, 2.75) is 25.4 Å². The van der Waals surface area contributed by atoms with Crippen LogP contribution in [-0.4, -0.2) is 57.6 Å². The normalized spacial score (nSPS) is 14.5. The third-order valence-electron chi connectivity index (χ3n) is 6.32. The highest BCUT2D eigenvalue weighted by atomic mass is 19.1. The van der Waals surface area contributed by atoms with E-state index in [0.717, 1.165) is 10.5 Å². The van der Waals surface area contributed by atoms with Gasteiger partial charge in [0.05, 0.1) is 36.0 Å². The fraction of sp³-hybridized carbons (Fsp3) is 0.259. The predicted molar refractivity (Wildman–Crippen MR) is 128 cm³/mol. The number of pyridine rings is 1. The number of amides is 2. The van der Waals surface area contributed by atoms with Gasteiger partial charge in [-0.1, -0.05) is 18.2 Å². The van der Waals surface area contributed by atoms with Gasteiger partial charge in [0.15, 0.2) is 11.6 Å². The number of hydrogen-bond donors (Lipinski definition) is 2. The smallest absolute Gasteiger partial charge is 0.309 e. The Morgan fingerprint density at radius 1 is 1.06 bits per heavy atom. The Morgan fingerprint density at radius 2 is 1.75 bits per heavy atom. The highest BCUT2D eigenvalue weighted by Crippen LogP contribution is 2.26. The molecule has 3 aromatic rings. The summed E-state index contributed by atoms with van der Waals surface area (Å²) >= 11 is 0. The number of halogens is 1. The molecule has 2 N–H and O–H groups in total. The van der Waals surface area contributed by atoms with E-state index in [1.54, 1.807) is 48.7 Å². The van der Waals surface area contributed by atoms with Crippen LogP contribution in [-0.2, 0) is 11.2 Å². The number of aromatic nitrogens is 1. The molecule has 186 valence electrons. The summed E-state index contributed by atoms with van der Waals surface area (Å²) in [4.78, 5) is 42.2. The molecule has 1 aromatic heterocycles. The van der Waals surface area contributed by atoms with Gasteiger partial charge < -0.3 is 14.9 Å². The summed E-state index contributed by atoms with van der Waals surface area (Å²) in [6.45, 7) is -0.102. The molecule has 0 fully saturated rings. The van der Waals surface area contributed by atoms with Gasteiger partial charge in [-0.2, -0.15) is 0 Å². The van der Waals surface area contributed by atoms with Crippen LogP contribution in [0.4, 0.5) is 4.39 Å². The maximum absolute atomic E-state index is 14.0. The molecule has 2 aromatic carbocycles. The van der Waals surface area contributed by atoms with E-state index in [2.05, 4.69) is 4.98 Å². The van der Waals surface area contributed by atoms with Gasteiger partial charge in [-0.05, 0) is 61.2 Å². The molecule has 0 radical (unpaired) electrons. The van der Waals surface area contributed by atoms with Crippen LogP contribution >= 0.6 is 0 Å². The molecule has 0 bridgehead atoms. The fourth-order valence-corrected chi connectivity index (χ4v) is 4.28. The largest absolute Gasteiger partial charge is 0.494 e. The Kier molecular flexibility index (Phi) is 7.40. The lowest BCUT2D eigenvalue weighted by Gasteiger charge is -2.22. The van der Waals surface area contributed by atoms with E-state index >= 15 is 0 Å². The van der Waals surface area contributed by atoms with Crippen molar-refractivity contribution in [3.8, 4) is 17.0 Å². The summed E-state index contributed by atoms with van der Waals surface area (Å²) in [5.41, 5.74) is 2.51. The first-order valence-corrected chi connectivity index (χ1v) is 11.4. The van der Waals surface area contributed by atoms with Crippen LogP contribution in [0, 0.1) is 11.7 Å². The van der Waals surface area contributed by atoms with Crippen molar-refractivity contribution in [3.05, 3.63) is 83.3 Å². The van der Waals surface area contributed by atoms with Gasteiger partial charge >= 0.3 is 5.97 Å². The quantitative estimate of drug-likeness (QED) is 0.416. The second-order valence-electron chi connectivity index (χ2n) is 8.55. The number of carbonyl (C=O) groups excluding carboxylic acids is 2. The first-order chi connectivity index (χ1) is 17.3. The average Bonchev–Trinajstić information content (AvgIpc) is 3.12. The molecule has 2 atom stereocenters. The summed E-state index contributed by atoms with van der Waals surface area (Å²) in [5, 5.41) is 20.2. The molecule has 36 heavy (non-hydrogen) atoms. The Balaban J connectivity index is 1.35. The minimum Gasteiger partial charge on any atom is -0.494 e. The van der Waals surface area contributed by atoms with Crippen molar-refractivity contribution in [3.63, 3.8) is 0 Å². The number of aliphatic carboxylic acids is 1. The maximum atomic E-state index is 14.0. The van der Waals surface area contributed by atoms with Crippen molar-refractivity contribution in [1.82, 2.24) is 9.88 Å². The van der Waals surface area contributed by atoms with Crippen molar-refractivity contribution >= 4 is 17.8 Å². The Morgan fingerprint density at radius 3 is 2.31 bits per heavy atom. The van der Waals surface area contributed by atoms with E-state index in [1.807, 2.05) is 0 Å². The number of benzene rings is 2. The lowest BCUT2D eigenvalue weighted by Crippen LogP contribution is -2.36. The third kappa shape index (κ3) is 5.11. The summed E-state index contributed by atoms with van der Waals surface area (Å²) in [5.74, 6) is -3.63. The number of rotatable bonds is 10. The maximum Gasteiger partial charge on any atom is 0.309 e. The Labute approximate surface area is 207 Å². The molecule has 2 heterocycles. The lowest BCUT2D eigenvalue weighted by molar-refractivity contribution is -0.146. The van der Waals surface area contributed by atoms with Crippen molar-refractivity contribution < 1.29 is 33.7 Å². The van der Waals surface area contributed by atoms with E-state index in [9.17, 15) is 29.0 Å². The minimum atomic E-state index is -1.20. The molecule has 0 spiro atoms. The number of carboxylic acids is 1. The number of carboxylic acid groups (broad SMARTS) is 1. The fourth-order valence-electron chi connectivity index (χ4n) is 4.28. The van der Waals surface area contributed by atoms with Crippen molar-refractivity contribution in [2.75, 3.05) is 13.7 Å². The Hall–Kier alpha value is -4.11. The van der Waals surface area contributed by atoms with Gasteiger partial charge in [0, 0.05) is 18.3 Å². The second-order valence-corrected chi connectivity index (χ2v) is 8.55. The van der Waals surface area contributed by atoms with Crippen LogP contribution in [0.2, 0.25) is 0 Å². The zero-order valence-electron chi connectivity index (χ0n) is 19.6. The van der Waals surface area contributed by atoms with Gasteiger partial charge in [0.25, 0.3) is 11.8 Å². The number of aliphatic hydroxyl groups excluding tert-OH is 1. The summed E-state index contributed by atoms with van der Waals surface area (Å²) in [6, 6.07) is 14.5. The summed E-state index contributed by atoms with van der Waals surface area (Å²) in [6.07, 6.45) is 0.855. The molecule has 2 amide bonds. The lowest BCUT2D eigenvalue weighted by atomic mass is 9.93. The number of aryl methyl sites for hydroxylation is 1. The third-order valence-corrected chi connectivity index (χ3v) is 6.32. The second kappa shape index (κ2) is 10.7. The molecule has 1 aliphatic heterocycles. The molecule has 1 aliphatic rings. The highest BCUT2D eigenvalue weighted by Gasteiger charge is 2.36. The standard InChI is InChI=1S/C27H25FN2O6/c1-36-24-11-8-17(14-21(24)28)22-9-6-16(15-29-22)7-10-23(31)20(27(34)35)12-13-30-25(32)18-4-2-3-5-19(18)26(30)33/h2-6,8-9,11,14-15,20,23,31H,7,10,12-13H2,1H3,(H,34,35)/t20-,23+/m0/s1. The van der Waals surface area contributed by atoms with Crippen LogP contribution < -0.4 is 4.74 Å². The van der Waals surface area contributed by atoms with Crippen molar-refractivity contribution in [1.29, 1.82) is 0 Å². The van der Waals surface area contributed by atoms with Gasteiger partial charge in [-0.3, -0.25) is 24.3 Å². The predicted octanol–water partition coefficient (Wildman–Crippen LogP) is 3.58. The number of aliphatic hydroxyl groups is 1. The first kappa shape index (κ1) is 25.0. The van der Waals surface area contributed by atoms with E-state index in [-0.39, 0.29) is 25.1 Å². The summed E-state index contributed by atoms with van der Waals surface area (Å²) in [7, 11) is 1.39. The monoisotopic (exact) mass is 492 g/mol. The van der Waals surface area contributed by atoms with Crippen LogP contribution in [0.5, 0.6) is 5.75 Å². The van der Waals surface area contributed by atoms with E-state index < -0.39 is 35.6 Å². The molecule has 0 unspecified atom stereocenters. The molecule has 9 heteroatoms. The molecule has 0 saturated heterocycles. The number of carbonyl (C=O) groups is 3. The molecular weight excluding hydrogens is 467 g/mol. The SMILES string of the molecule is COc1ccc(-c2ccc(CC[C@@H](O)[C@H](CCN3C(=O)c4ccccc4C3=O)C(=O)O)cn2)cc1F. The molecule has 0 aliphatic carbocycles. The number of hydrogen-bond acceptors (Lipinski definition) is 6. The van der Waals surface area contributed by atoms with Crippen LogP contribution in [0.3, 0.4) is 0 Å². The van der Waals surface area contributed by atoms with E-state index in [1.165, 1.54) is 19.2 Å². The van der Waals surface area contributed by atoms with Gasteiger partial charge in [0.2, 0.25) is 0 Å². The van der Waals surface area contributed by atoms with E-state index in [4.69, 9.17) is 4.74 Å². The topological polar surface area (TPSA) is 117 Å². The van der Waals surface area contributed by atoms with Crippen molar-refractivity contribution in [2.24, 2.45) is 5.92 Å². The van der Waals surface area contributed by atoms with Gasteiger partial charge in [0.1, 0.15) is 0 Å². The van der Waals surface area contributed by atoms with Crippen LogP contribution in [0.1, 0.15) is 39.1 Å². The number of ether oxygens (including phenoxy) is 1. The number of imide groups is 1. The minimum absolute atomic E-state index is 0.0673. The van der Waals surface area contributed by atoms with E-state index in [0.29, 0.717) is 28.8 Å². The number of methoxy groups -OCH3 is 1. The Bertz CT molecular complexity index is 1260. The van der Waals surface area contributed by atoms with Gasteiger partial charge in [-0.15, -0.1) is 0 Å².